The molecule has 3 aromatic rings. The minimum atomic E-state index is -1.49. The minimum Gasteiger partial charge on any atom is -0.545 e. The largest absolute Gasteiger partial charge is 0.545 e. The van der Waals surface area contributed by atoms with Gasteiger partial charge in [0.05, 0.1) is 16.6 Å². The van der Waals surface area contributed by atoms with Gasteiger partial charge < -0.3 is 25.0 Å². The molecule has 0 aliphatic carbocycles. The number of nitro benzene ring substituents is 1. The lowest BCUT2D eigenvalue weighted by molar-refractivity contribution is -0.384. The van der Waals surface area contributed by atoms with Crippen molar-refractivity contribution in [3.05, 3.63) is 98.0 Å². The summed E-state index contributed by atoms with van der Waals surface area (Å²) in [5.74, 6) is -3.16. The van der Waals surface area contributed by atoms with E-state index in [0.29, 0.717) is 10.2 Å². The van der Waals surface area contributed by atoms with Gasteiger partial charge in [0.25, 0.3) is 17.5 Å². The molecule has 1 heterocycles. The standard InChI is InChI=1S/C21H14BrN3O7/c22-18-10-9-17(32-18)20(27)24-16(11-12-5-7-13(8-6-12)25(30)31)19(26)23-15-4-2-1-3-14(15)21(28)29/h1-11H,(H,23,26)(H,24,27)(H,28,29)/p-1/b16-11-. The second-order valence-corrected chi connectivity index (χ2v) is 7.03. The Morgan fingerprint density at radius 3 is 2.28 bits per heavy atom. The van der Waals surface area contributed by atoms with Crippen LogP contribution in [0.2, 0.25) is 0 Å². The van der Waals surface area contributed by atoms with Gasteiger partial charge in [-0.05, 0) is 57.9 Å². The summed E-state index contributed by atoms with van der Waals surface area (Å²) < 4.78 is 5.47. The molecule has 2 amide bonds. The number of carboxylic acid groups (broad SMARTS) is 1. The van der Waals surface area contributed by atoms with Crippen LogP contribution in [-0.4, -0.2) is 22.7 Å². The highest BCUT2D eigenvalue weighted by Gasteiger charge is 2.18. The first-order valence-electron chi connectivity index (χ1n) is 8.89. The first kappa shape index (κ1) is 22.4. The fourth-order valence-electron chi connectivity index (χ4n) is 2.60. The van der Waals surface area contributed by atoms with E-state index >= 15 is 0 Å². The Balaban J connectivity index is 1.93. The lowest BCUT2D eigenvalue weighted by Gasteiger charge is -2.14. The Kier molecular flexibility index (Phi) is 6.80. The van der Waals surface area contributed by atoms with Crippen molar-refractivity contribution in [1.29, 1.82) is 0 Å². The molecule has 0 aliphatic rings. The number of rotatable bonds is 7. The predicted molar refractivity (Wildman–Crippen MR) is 114 cm³/mol. The quantitative estimate of drug-likeness (QED) is 0.288. The van der Waals surface area contributed by atoms with Crippen molar-refractivity contribution in [1.82, 2.24) is 5.32 Å². The Bertz CT molecular complexity index is 1230. The molecule has 0 saturated heterocycles. The van der Waals surface area contributed by atoms with Crippen LogP contribution in [0, 0.1) is 10.1 Å². The Labute approximate surface area is 188 Å². The van der Waals surface area contributed by atoms with E-state index in [9.17, 15) is 29.6 Å². The van der Waals surface area contributed by atoms with Gasteiger partial charge in [-0.3, -0.25) is 19.7 Å². The average Bonchev–Trinajstić information content (AvgIpc) is 3.20. The Hall–Kier alpha value is -4.25. The summed E-state index contributed by atoms with van der Waals surface area (Å²) in [6, 6.07) is 13.7. The van der Waals surface area contributed by atoms with E-state index in [4.69, 9.17) is 4.42 Å². The first-order valence-corrected chi connectivity index (χ1v) is 9.68. The van der Waals surface area contributed by atoms with Crippen molar-refractivity contribution in [2.24, 2.45) is 0 Å². The molecule has 0 radical (unpaired) electrons. The number of nitrogens with one attached hydrogen (secondary N) is 2. The van der Waals surface area contributed by atoms with Gasteiger partial charge >= 0.3 is 0 Å². The number of anilines is 1. The van der Waals surface area contributed by atoms with E-state index in [1.54, 1.807) is 0 Å². The van der Waals surface area contributed by atoms with Gasteiger partial charge in [-0.15, -0.1) is 0 Å². The number of carbonyl (C=O) groups excluding carboxylic acids is 3. The maximum Gasteiger partial charge on any atom is 0.291 e. The van der Waals surface area contributed by atoms with Gasteiger partial charge in [-0.2, -0.15) is 0 Å². The number of carboxylic acids is 1. The van der Waals surface area contributed by atoms with Crippen LogP contribution in [-0.2, 0) is 4.79 Å². The summed E-state index contributed by atoms with van der Waals surface area (Å²) in [5, 5.41) is 26.9. The molecule has 0 atom stereocenters. The van der Waals surface area contributed by atoms with E-state index < -0.39 is 22.7 Å². The summed E-state index contributed by atoms with van der Waals surface area (Å²) in [4.78, 5) is 46.9. The van der Waals surface area contributed by atoms with Gasteiger partial charge in [0.2, 0.25) is 0 Å². The van der Waals surface area contributed by atoms with E-state index in [2.05, 4.69) is 26.6 Å². The maximum atomic E-state index is 12.9. The highest BCUT2D eigenvalue weighted by atomic mass is 79.9. The summed E-state index contributed by atoms with van der Waals surface area (Å²) in [6.45, 7) is 0. The normalized spacial score (nSPS) is 11.0. The highest BCUT2D eigenvalue weighted by molar-refractivity contribution is 9.10. The van der Waals surface area contributed by atoms with Gasteiger partial charge in [0.1, 0.15) is 5.70 Å². The van der Waals surface area contributed by atoms with Crippen molar-refractivity contribution >= 4 is 51.2 Å². The number of amides is 2. The second-order valence-electron chi connectivity index (χ2n) is 6.25. The molecule has 2 aromatic carbocycles. The number of furan rings is 1. The second kappa shape index (κ2) is 9.71. The average molecular weight is 499 g/mol. The van der Waals surface area contributed by atoms with Crippen molar-refractivity contribution in [3.63, 3.8) is 0 Å². The molecule has 10 nitrogen and oxygen atoms in total. The number of benzene rings is 2. The maximum absolute atomic E-state index is 12.9. The zero-order valence-corrected chi connectivity index (χ0v) is 17.6. The van der Waals surface area contributed by atoms with Crippen LogP contribution in [0.1, 0.15) is 26.5 Å². The molecular formula is C21H13BrN3O7-. The zero-order chi connectivity index (χ0) is 23.3. The number of carbonyl (C=O) groups is 3. The molecule has 2 N–H and O–H groups in total. The lowest BCUT2D eigenvalue weighted by Crippen LogP contribution is -2.31. The number of aromatic carboxylic acids is 1. The number of hydrogen-bond acceptors (Lipinski definition) is 7. The first-order chi connectivity index (χ1) is 15.2. The van der Waals surface area contributed by atoms with Crippen molar-refractivity contribution in [3.8, 4) is 0 Å². The Morgan fingerprint density at radius 1 is 1.00 bits per heavy atom. The predicted octanol–water partition coefficient (Wildman–Crippen LogP) is 2.72. The topological polar surface area (TPSA) is 155 Å². The van der Waals surface area contributed by atoms with Crippen LogP contribution in [0.25, 0.3) is 6.08 Å². The van der Waals surface area contributed by atoms with Gasteiger partial charge in [-0.25, -0.2) is 0 Å². The molecule has 162 valence electrons. The smallest absolute Gasteiger partial charge is 0.291 e. The zero-order valence-electron chi connectivity index (χ0n) is 16.0. The molecule has 3 rings (SSSR count). The fraction of sp³-hybridized carbons (Fsp3) is 0. The highest BCUT2D eigenvalue weighted by Crippen LogP contribution is 2.18. The summed E-state index contributed by atoms with van der Waals surface area (Å²) >= 11 is 3.08. The fourth-order valence-corrected chi connectivity index (χ4v) is 2.90. The van der Waals surface area contributed by atoms with E-state index in [1.165, 1.54) is 66.7 Å². The Morgan fingerprint density at radius 2 is 1.69 bits per heavy atom. The summed E-state index contributed by atoms with van der Waals surface area (Å²) in [7, 11) is 0. The van der Waals surface area contributed by atoms with Gasteiger partial charge in [0.15, 0.2) is 10.4 Å². The minimum absolute atomic E-state index is 0.0397. The van der Waals surface area contributed by atoms with Crippen LogP contribution in [0.5, 0.6) is 0 Å². The van der Waals surface area contributed by atoms with Crippen molar-refractivity contribution in [2.45, 2.75) is 0 Å². The summed E-state index contributed by atoms with van der Waals surface area (Å²) in [5.41, 5.74) is -0.334. The van der Waals surface area contributed by atoms with Crippen LogP contribution in [0.3, 0.4) is 0 Å². The number of para-hydroxylation sites is 1. The number of halogens is 1. The third-order valence-corrected chi connectivity index (χ3v) is 4.53. The molecule has 32 heavy (non-hydrogen) atoms. The molecule has 0 bridgehead atoms. The number of hydrogen-bond donors (Lipinski definition) is 2. The van der Waals surface area contributed by atoms with Crippen LogP contribution < -0.4 is 15.7 Å². The summed E-state index contributed by atoms with van der Waals surface area (Å²) in [6.07, 6.45) is 1.27. The van der Waals surface area contributed by atoms with Crippen LogP contribution >= 0.6 is 15.9 Å². The van der Waals surface area contributed by atoms with E-state index in [1.807, 2.05) is 0 Å². The van der Waals surface area contributed by atoms with E-state index in [-0.39, 0.29) is 28.4 Å². The molecule has 0 saturated carbocycles. The van der Waals surface area contributed by atoms with Gasteiger partial charge in [0, 0.05) is 17.7 Å². The van der Waals surface area contributed by atoms with E-state index in [0.717, 1.165) is 0 Å². The third-order valence-electron chi connectivity index (χ3n) is 4.10. The third kappa shape index (κ3) is 5.46. The SMILES string of the molecule is O=C(Nc1ccccc1C(=O)[O-])/C(=C/c1ccc([N+](=O)[O-])cc1)NC(=O)c1ccc(Br)o1. The number of non-ortho nitro benzene ring substituents is 1. The van der Waals surface area contributed by atoms with Crippen LogP contribution in [0.15, 0.2) is 75.4 Å². The van der Waals surface area contributed by atoms with Gasteiger partial charge in [-0.1, -0.05) is 18.2 Å². The molecule has 0 unspecified atom stereocenters. The molecule has 0 aliphatic heterocycles. The molecule has 0 fully saturated rings. The van der Waals surface area contributed by atoms with Crippen molar-refractivity contribution < 1.29 is 28.8 Å². The molecule has 11 heteroatoms. The lowest BCUT2D eigenvalue weighted by atomic mass is 10.1. The number of nitro groups is 1. The monoisotopic (exact) mass is 498 g/mol. The number of nitrogens with zero attached hydrogens (tertiary/aromatic N) is 1. The van der Waals surface area contributed by atoms with Crippen LogP contribution in [0.4, 0.5) is 11.4 Å². The van der Waals surface area contributed by atoms with Crippen molar-refractivity contribution in [2.75, 3.05) is 5.32 Å². The molecule has 1 aromatic heterocycles. The molecular weight excluding hydrogens is 486 g/mol. The molecule has 0 spiro atoms.